The molecule has 3 aromatic rings. The van der Waals surface area contributed by atoms with Crippen molar-refractivity contribution in [2.75, 3.05) is 26.8 Å². The maximum atomic E-state index is 12.8. The van der Waals surface area contributed by atoms with Gasteiger partial charge in [0.2, 0.25) is 5.91 Å². The van der Waals surface area contributed by atoms with E-state index in [1.165, 1.54) is 13.2 Å². The van der Waals surface area contributed by atoms with Gasteiger partial charge in [0.05, 0.1) is 24.5 Å². The van der Waals surface area contributed by atoms with Gasteiger partial charge in [0.25, 0.3) is 6.43 Å². The van der Waals surface area contributed by atoms with Crippen molar-refractivity contribution < 1.29 is 18.3 Å². The second-order valence-corrected chi connectivity index (χ2v) is 6.58. The third-order valence-corrected chi connectivity index (χ3v) is 4.45. The fraction of sp³-hybridized carbons (Fsp3) is 0.217. The molecular formula is C23H23F2N3O2. The molecule has 0 atom stereocenters. The maximum Gasteiger partial charge on any atom is 0.255 e. The number of alkyl halides is 2. The van der Waals surface area contributed by atoms with E-state index < -0.39 is 18.9 Å². The second kappa shape index (κ2) is 10.5. The lowest BCUT2D eigenvalue weighted by Gasteiger charge is -2.20. The molecule has 7 heteroatoms. The fourth-order valence-corrected chi connectivity index (χ4v) is 2.97. The summed E-state index contributed by atoms with van der Waals surface area (Å²) < 4.78 is 32.3. The van der Waals surface area contributed by atoms with Gasteiger partial charge in [0.1, 0.15) is 0 Å². The molecule has 0 spiro atoms. The number of nitrogens with zero attached hydrogens (tertiary/aromatic N) is 3. The number of para-hydroxylation sites is 1. The van der Waals surface area contributed by atoms with E-state index in [1.54, 1.807) is 10.8 Å². The Bertz CT molecular complexity index is 973. The Morgan fingerprint density at radius 3 is 2.43 bits per heavy atom. The molecule has 30 heavy (non-hydrogen) atoms. The summed E-state index contributed by atoms with van der Waals surface area (Å²) in [5.74, 6) is -0.501. The molecule has 0 aliphatic heterocycles. The predicted molar refractivity (Wildman–Crippen MR) is 112 cm³/mol. The number of ether oxygens (including phenoxy) is 1. The summed E-state index contributed by atoms with van der Waals surface area (Å²) in [4.78, 5) is 13.6. The van der Waals surface area contributed by atoms with Crippen LogP contribution in [0.1, 0.15) is 5.56 Å². The van der Waals surface area contributed by atoms with Crippen molar-refractivity contribution in [3.05, 3.63) is 78.5 Å². The largest absolute Gasteiger partial charge is 0.383 e. The monoisotopic (exact) mass is 411 g/mol. The van der Waals surface area contributed by atoms with E-state index in [-0.39, 0.29) is 13.2 Å². The standard InChI is InChI=1S/C23H23F2N3O2/c1-30-15-14-27(17-21(24)25)22(29)13-12-19-16-28(20-10-6-3-7-11-20)26-23(19)18-8-4-2-5-9-18/h2-13,16,21H,14-15,17H2,1H3/b13-12+. The van der Waals surface area contributed by atoms with Crippen molar-refractivity contribution in [1.29, 1.82) is 0 Å². The van der Waals surface area contributed by atoms with Gasteiger partial charge in [-0.2, -0.15) is 5.10 Å². The minimum atomic E-state index is -2.61. The summed E-state index contributed by atoms with van der Waals surface area (Å²) in [5.41, 5.74) is 3.17. The van der Waals surface area contributed by atoms with Gasteiger partial charge in [-0.15, -0.1) is 0 Å². The number of carbonyl (C=O) groups excluding carboxylic acids is 1. The molecule has 3 rings (SSSR count). The van der Waals surface area contributed by atoms with E-state index in [2.05, 4.69) is 5.10 Å². The SMILES string of the molecule is COCCN(CC(F)F)C(=O)/C=C/c1cn(-c2ccccc2)nc1-c1ccccc1. The van der Waals surface area contributed by atoms with Crippen molar-refractivity contribution in [2.24, 2.45) is 0 Å². The van der Waals surface area contributed by atoms with Crippen LogP contribution in [-0.4, -0.2) is 53.8 Å². The van der Waals surface area contributed by atoms with Crippen molar-refractivity contribution in [1.82, 2.24) is 14.7 Å². The van der Waals surface area contributed by atoms with E-state index in [9.17, 15) is 13.6 Å². The first-order chi connectivity index (χ1) is 14.6. The molecule has 2 aromatic carbocycles. The summed E-state index contributed by atoms with van der Waals surface area (Å²) in [7, 11) is 1.46. The van der Waals surface area contributed by atoms with Crippen LogP contribution in [0.4, 0.5) is 8.78 Å². The number of benzene rings is 2. The van der Waals surface area contributed by atoms with Gasteiger partial charge in [-0.25, -0.2) is 13.5 Å². The summed E-state index contributed by atoms with van der Waals surface area (Å²) in [6.45, 7) is -0.353. The van der Waals surface area contributed by atoms with Crippen LogP contribution in [0, 0.1) is 0 Å². The Morgan fingerprint density at radius 2 is 1.80 bits per heavy atom. The zero-order valence-corrected chi connectivity index (χ0v) is 16.6. The number of aromatic nitrogens is 2. The van der Waals surface area contributed by atoms with E-state index in [1.807, 2.05) is 66.9 Å². The van der Waals surface area contributed by atoms with Crippen LogP contribution >= 0.6 is 0 Å². The molecule has 0 saturated heterocycles. The van der Waals surface area contributed by atoms with Gasteiger partial charge in [-0.1, -0.05) is 48.5 Å². The van der Waals surface area contributed by atoms with Crippen LogP contribution in [0.15, 0.2) is 72.9 Å². The van der Waals surface area contributed by atoms with Crippen LogP contribution in [0.5, 0.6) is 0 Å². The third kappa shape index (κ3) is 5.61. The zero-order valence-electron chi connectivity index (χ0n) is 16.6. The normalized spacial score (nSPS) is 11.3. The third-order valence-electron chi connectivity index (χ3n) is 4.45. The molecule has 0 N–H and O–H groups in total. The molecule has 1 aromatic heterocycles. The Kier molecular flexibility index (Phi) is 7.45. The topological polar surface area (TPSA) is 47.4 Å². The molecule has 0 aliphatic carbocycles. The van der Waals surface area contributed by atoms with E-state index in [0.717, 1.165) is 16.2 Å². The first-order valence-electron chi connectivity index (χ1n) is 9.53. The van der Waals surface area contributed by atoms with Crippen molar-refractivity contribution in [3.8, 4) is 16.9 Å². The van der Waals surface area contributed by atoms with Gasteiger partial charge < -0.3 is 9.64 Å². The van der Waals surface area contributed by atoms with E-state index in [0.29, 0.717) is 11.3 Å². The zero-order chi connectivity index (χ0) is 21.3. The lowest BCUT2D eigenvalue weighted by atomic mass is 10.1. The average Bonchev–Trinajstić information content (AvgIpc) is 3.20. The number of halogens is 2. The molecule has 156 valence electrons. The molecule has 0 bridgehead atoms. The van der Waals surface area contributed by atoms with Gasteiger partial charge in [0.15, 0.2) is 0 Å². The first-order valence-corrected chi connectivity index (χ1v) is 9.53. The van der Waals surface area contributed by atoms with Crippen LogP contribution in [0.25, 0.3) is 23.0 Å². The average molecular weight is 411 g/mol. The molecule has 0 aliphatic rings. The molecule has 1 heterocycles. The Labute approximate surface area is 174 Å². The van der Waals surface area contributed by atoms with Gasteiger partial charge in [-0.05, 0) is 18.2 Å². The van der Waals surface area contributed by atoms with Crippen molar-refractivity contribution >= 4 is 12.0 Å². The molecule has 5 nitrogen and oxygen atoms in total. The number of hydrogen-bond donors (Lipinski definition) is 0. The number of amides is 1. The minimum absolute atomic E-state index is 0.0961. The van der Waals surface area contributed by atoms with E-state index >= 15 is 0 Å². The van der Waals surface area contributed by atoms with Gasteiger partial charge >= 0.3 is 0 Å². The van der Waals surface area contributed by atoms with Crippen LogP contribution in [0.3, 0.4) is 0 Å². The molecule has 0 unspecified atom stereocenters. The minimum Gasteiger partial charge on any atom is -0.383 e. The number of rotatable bonds is 9. The highest BCUT2D eigenvalue weighted by Gasteiger charge is 2.17. The number of hydrogen-bond acceptors (Lipinski definition) is 3. The maximum absolute atomic E-state index is 12.8. The molecule has 0 fully saturated rings. The molecule has 1 amide bonds. The summed E-state index contributed by atoms with van der Waals surface area (Å²) in [6, 6.07) is 19.2. The predicted octanol–water partition coefficient (Wildman–Crippen LogP) is 4.29. The Morgan fingerprint density at radius 1 is 1.13 bits per heavy atom. The number of methoxy groups -OCH3 is 1. The molecule has 0 radical (unpaired) electrons. The Hall–Kier alpha value is -3.32. The fourth-order valence-electron chi connectivity index (χ4n) is 2.97. The quantitative estimate of drug-likeness (QED) is 0.494. The van der Waals surface area contributed by atoms with Crippen LogP contribution < -0.4 is 0 Å². The molecular weight excluding hydrogens is 388 g/mol. The molecule has 0 saturated carbocycles. The van der Waals surface area contributed by atoms with Gasteiger partial charge in [0, 0.05) is 37.1 Å². The van der Waals surface area contributed by atoms with Crippen LogP contribution in [0.2, 0.25) is 0 Å². The van der Waals surface area contributed by atoms with Gasteiger partial charge in [-0.3, -0.25) is 4.79 Å². The van der Waals surface area contributed by atoms with E-state index in [4.69, 9.17) is 4.74 Å². The smallest absolute Gasteiger partial charge is 0.255 e. The second-order valence-electron chi connectivity index (χ2n) is 6.58. The van der Waals surface area contributed by atoms with Crippen molar-refractivity contribution in [2.45, 2.75) is 6.43 Å². The lowest BCUT2D eigenvalue weighted by Crippen LogP contribution is -2.36. The summed E-state index contributed by atoms with van der Waals surface area (Å²) in [6.07, 6.45) is 2.12. The highest BCUT2D eigenvalue weighted by molar-refractivity contribution is 5.93. The van der Waals surface area contributed by atoms with Crippen molar-refractivity contribution in [3.63, 3.8) is 0 Å². The van der Waals surface area contributed by atoms with Crippen LogP contribution in [-0.2, 0) is 9.53 Å². The summed E-state index contributed by atoms with van der Waals surface area (Å²) >= 11 is 0. The highest BCUT2D eigenvalue weighted by atomic mass is 19.3. The Balaban J connectivity index is 1.91. The highest BCUT2D eigenvalue weighted by Crippen LogP contribution is 2.24. The number of carbonyl (C=O) groups is 1. The summed E-state index contributed by atoms with van der Waals surface area (Å²) in [5, 5.41) is 4.67. The lowest BCUT2D eigenvalue weighted by molar-refractivity contribution is -0.128. The first kappa shape index (κ1) is 21.4.